The highest BCUT2D eigenvalue weighted by Crippen LogP contribution is 2.27. The van der Waals surface area contributed by atoms with Gasteiger partial charge < -0.3 is 9.30 Å². The van der Waals surface area contributed by atoms with Gasteiger partial charge in [0.1, 0.15) is 11.3 Å². The molecule has 0 saturated heterocycles. The lowest BCUT2D eigenvalue weighted by molar-refractivity contribution is -0.117. The Balaban J connectivity index is 1.86. The van der Waals surface area contributed by atoms with Crippen LogP contribution < -0.4 is 9.54 Å². The molecule has 0 bridgehead atoms. The van der Waals surface area contributed by atoms with Crippen molar-refractivity contribution in [1.82, 2.24) is 4.57 Å². The molecule has 0 aliphatic carbocycles. The quantitative estimate of drug-likeness (QED) is 0.588. The van der Waals surface area contributed by atoms with Crippen molar-refractivity contribution in [2.75, 3.05) is 12.9 Å². The van der Waals surface area contributed by atoms with Gasteiger partial charge in [0, 0.05) is 18.0 Å². The summed E-state index contributed by atoms with van der Waals surface area (Å²) in [7, 11) is -1.98. The van der Waals surface area contributed by atoms with Crippen LogP contribution in [0.25, 0.3) is 10.2 Å². The van der Waals surface area contributed by atoms with Crippen molar-refractivity contribution in [3.63, 3.8) is 0 Å². The van der Waals surface area contributed by atoms with Crippen molar-refractivity contribution in [3.8, 4) is 5.75 Å². The first kappa shape index (κ1) is 20.6. The van der Waals surface area contributed by atoms with Crippen LogP contribution in [0.3, 0.4) is 0 Å². The first-order chi connectivity index (χ1) is 13.4. The number of carbonyl (C=O) groups is 1. The number of aryl methyl sites for hydroxylation is 1. The zero-order valence-electron chi connectivity index (χ0n) is 15.4. The van der Waals surface area contributed by atoms with Crippen molar-refractivity contribution in [2.24, 2.45) is 4.99 Å². The third kappa shape index (κ3) is 4.29. The minimum Gasteiger partial charge on any atom is -0.495 e. The average molecular weight is 439 g/mol. The molecule has 0 unspecified atom stereocenters. The van der Waals surface area contributed by atoms with Crippen LogP contribution in [0.2, 0.25) is 5.02 Å². The summed E-state index contributed by atoms with van der Waals surface area (Å²) in [5, 5.41) is 0.453. The highest BCUT2D eigenvalue weighted by atomic mass is 35.5. The second-order valence-corrected chi connectivity index (χ2v) is 9.52. The molecular formula is C19H19ClN2O4S2. The summed E-state index contributed by atoms with van der Waals surface area (Å²) in [5.74, 6) is -0.0859. The maximum absolute atomic E-state index is 12.4. The van der Waals surface area contributed by atoms with Crippen LogP contribution in [-0.2, 0) is 21.2 Å². The molecule has 6 nitrogen and oxygen atoms in total. The first-order valence-electron chi connectivity index (χ1n) is 8.58. The summed E-state index contributed by atoms with van der Waals surface area (Å²) in [5.41, 5.74) is 0.873. The molecular weight excluding hydrogens is 420 g/mol. The van der Waals surface area contributed by atoms with Crippen LogP contribution in [0.5, 0.6) is 5.75 Å². The summed E-state index contributed by atoms with van der Waals surface area (Å²) in [6, 6.07) is 11.5. The van der Waals surface area contributed by atoms with E-state index in [1.54, 1.807) is 7.11 Å². The topological polar surface area (TPSA) is 77.7 Å². The number of benzene rings is 2. The van der Waals surface area contributed by atoms with E-state index in [0.29, 0.717) is 22.1 Å². The van der Waals surface area contributed by atoms with Gasteiger partial charge in [-0.2, -0.15) is 4.99 Å². The second-order valence-electron chi connectivity index (χ2n) is 5.96. The Morgan fingerprint density at radius 1 is 1.21 bits per heavy atom. The molecule has 0 fully saturated rings. The maximum atomic E-state index is 12.4. The number of sulfone groups is 1. The molecule has 0 atom stereocenters. The standard InChI is InChI=1S/C19H19ClN2O4S2/c1-3-22-18-15(26-2)5-4-6-16(18)27-19(22)21-17(23)11-12-28(24,25)14-9-7-13(20)8-10-14/h4-10H,3,11-12H2,1-2H3. The van der Waals surface area contributed by atoms with E-state index in [9.17, 15) is 13.2 Å². The fourth-order valence-corrected chi connectivity index (χ4v) is 5.27. The molecule has 28 heavy (non-hydrogen) atoms. The zero-order valence-corrected chi connectivity index (χ0v) is 17.8. The molecule has 148 valence electrons. The van der Waals surface area contributed by atoms with Crippen LogP contribution in [0.15, 0.2) is 52.4 Å². The van der Waals surface area contributed by atoms with Gasteiger partial charge in [-0.05, 0) is 43.3 Å². The Kier molecular flexibility index (Phi) is 6.22. The fraction of sp³-hybridized carbons (Fsp3) is 0.263. The van der Waals surface area contributed by atoms with Gasteiger partial charge in [-0.3, -0.25) is 4.79 Å². The number of methoxy groups -OCH3 is 1. The average Bonchev–Trinajstić information content (AvgIpc) is 3.03. The predicted molar refractivity (Wildman–Crippen MR) is 111 cm³/mol. The Morgan fingerprint density at radius 3 is 2.57 bits per heavy atom. The van der Waals surface area contributed by atoms with Crippen molar-refractivity contribution >= 4 is 48.9 Å². The number of para-hydroxylation sites is 1. The van der Waals surface area contributed by atoms with Crippen LogP contribution in [-0.4, -0.2) is 31.8 Å². The third-order valence-corrected chi connectivity index (χ3v) is 7.21. The molecule has 0 aliphatic heterocycles. The van der Waals surface area contributed by atoms with Crippen molar-refractivity contribution in [1.29, 1.82) is 0 Å². The lowest BCUT2D eigenvalue weighted by atomic mass is 10.3. The van der Waals surface area contributed by atoms with Gasteiger partial charge in [-0.1, -0.05) is 29.0 Å². The lowest BCUT2D eigenvalue weighted by Gasteiger charge is -2.05. The van der Waals surface area contributed by atoms with Crippen molar-refractivity contribution < 1.29 is 17.9 Å². The summed E-state index contributed by atoms with van der Waals surface area (Å²) >= 11 is 7.16. The Hall–Kier alpha value is -2.16. The van der Waals surface area contributed by atoms with Crippen LogP contribution in [0, 0.1) is 0 Å². The van der Waals surface area contributed by atoms with Crippen molar-refractivity contribution in [2.45, 2.75) is 24.8 Å². The minimum absolute atomic E-state index is 0.139. The number of nitrogens with zero attached hydrogens (tertiary/aromatic N) is 2. The molecule has 0 aliphatic rings. The van der Waals surface area contributed by atoms with Gasteiger partial charge >= 0.3 is 0 Å². The van der Waals surface area contributed by atoms with E-state index < -0.39 is 15.7 Å². The number of amides is 1. The number of fused-ring (bicyclic) bond motifs is 1. The summed E-state index contributed by atoms with van der Waals surface area (Å²) in [6.07, 6.45) is -0.194. The van der Waals surface area contributed by atoms with Gasteiger partial charge in [-0.15, -0.1) is 0 Å². The third-order valence-electron chi connectivity index (χ3n) is 4.18. The smallest absolute Gasteiger partial charge is 0.249 e. The Labute approximate surface area is 172 Å². The van der Waals surface area contributed by atoms with E-state index in [1.807, 2.05) is 29.7 Å². The van der Waals surface area contributed by atoms with E-state index >= 15 is 0 Å². The number of rotatable bonds is 6. The Morgan fingerprint density at radius 2 is 1.93 bits per heavy atom. The summed E-state index contributed by atoms with van der Waals surface area (Å²) in [6.45, 7) is 2.56. The number of halogens is 1. The van der Waals surface area contributed by atoms with Gasteiger partial charge in [0.15, 0.2) is 14.6 Å². The highest BCUT2D eigenvalue weighted by Gasteiger charge is 2.17. The zero-order chi connectivity index (χ0) is 20.3. The van der Waals surface area contributed by atoms with Gasteiger partial charge in [0.2, 0.25) is 5.91 Å². The highest BCUT2D eigenvalue weighted by molar-refractivity contribution is 7.91. The maximum Gasteiger partial charge on any atom is 0.249 e. The molecule has 2 aromatic carbocycles. The lowest BCUT2D eigenvalue weighted by Crippen LogP contribution is -2.17. The van der Waals surface area contributed by atoms with Gasteiger partial charge in [0.25, 0.3) is 0 Å². The number of hydrogen-bond acceptors (Lipinski definition) is 5. The number of carbonyl (C=O) groups excluding carboxylic acids is 1. The number of thiazole rings is 1. The molecule has 0 saturated carbocycles. The predicted octanol–water partition coefficient (Wildman–Crippen LogP) is 3.68. The number of ether oxygens (including phenoxy) is 1. The van der Waals surface area contributed by atoms with E-state index in [4.69, 9.17) is 16.3 Å². The molecule has 0 N–H and O–H groups in total. The molecule has 3 aromatic rings. The summed E-state index contributed by atoms with van der Waals surface area (Å²) < 4.78 is 33.0. The Bertz CT molecular complexity index is 1180. The van der Waals surface area contributed by atoms with E-state index in [1.165, 1.54) is 35.6 Å². The SMILES string of the molecule is CCn1c(=NC(=O)CCS(=O)(=O)c2ccc(Cl)cc2)sc2cccc(OC)c21. The fourth-order valence-electron chi connectivity index (χ4n) is 2.78. The number of aromatic nitrogens is 1. The van der Waals surface area contributed by atoms with Gasteiger partial charge in [0.05, 0.1) is 22.5 Å². The van der Waals surface area contributed by atoms with Crippen LogP contribution in [0.4, 0.5) is 0 Å². The van der Waals surface area contributed by atoms with Gasteiger partial charge in [-0.25, -0.2) is 8.42 Å². The molecule has 1 heterocycles. The van der Waals surface area contributed by atoms with E-state index in [-0.39, 0.29) is 17.1 Å². The molecule has 9 heteroatoms. The molecule has 1 amide bonds. The normalized spacial score (nSPS) is 12.5. The molecule has 0 spiro atoms. The molecule has 1 aromatic heterocycles. The van der Waals surface area contributed by atoms with Crippen molar-refractivity contribution in [3.05, 3.63) is 52.3 Å². The first-order valence-corrected chi connectivity index (χ1v) is 11.4. The molecule has 0 radical (unpaired) electrons. The second kappa shape index (κ2) is 8.46. The molecule has 3 rings (SSSR count). The van der Waals surface area contributed by atoms with Crippen LogP contribution in [0.1, 0.15) is 13.3 Å². The van der Waals surface area contributed by atoms with E-state index in [0.717, 1.165) is 10.2 Å². The number of hydrogen-bond donors (Lipinski definition) is 0. The van der Waals surface area contributed by atoms with E-state index in [2.05, 4.69) is 4.99 Å². The largest absolute Gasteiger partial charge is 0.495 e. The summed E-state index contributed by atoms with van der Waals surface area (Å²) in [4.78, 5) is 17.2. The monoisotopic (exact) mass is 438 g/mol. The minimum atomic E-state index is -3.58. The van der Waals surface area contributed by atoms with Crippen LogP contribution >= 0.6 is 22.9 Å².